The van der Waals surface area contributed by atoms with Crippen molar-refractivity contribution >= 4 is 12.4 Å². The summed E-state index contributed by atoms with van der Waals surface area (Å²) >= 11 is 0. The molecular formula is C13H27ClN2. The molecule has 2 fully saturated rings. The first-order chi connectivity index (χ1) is 7.25. The number of hydrogen-bond acceptors (Lipinski definition) is 2. The van der Waals surface area contributed by atoms with Crippen molar-refractivity contribution in [3.63, 3.8) is 0 Å². The summed E-state index contributed by atoms with van der Waals surface area (Å²) in [4.78, 5) is 2.61. The molecule has 2 unspecified atom stereocenters. The molecule has 1 aliphatic heterocycles. The Bertz CT molecular complexity index is 198. The second kappa shape index (κ2) is 6.83. The topological polar surface area (TPSA) is 29.3 Å². The number of nitrogens with zero attached hydrogens (tertiary/aromatic N) is 1. The van der Waals surface area contributed by atoms with E-state index in [1.165, 1.54) is 51.6 Å². The summed E-state index contributed by atoms with van der Waals surface area (Å²) in [5, 5.41) is 0. The number of hydrogen-bond donors (Lipinski definition) is 1. The van der Waals surface area contributed by atoms with E-state index in [0.717, 1.165) is 18.4 Å². The minimum absolute atomic E-state index is 0. The molecular weight excluding hydrogens is 220 g/mol. The highest BCUT2D eigenvalue weighted by Gasteiger charge is 2.25. The molecule has 3 heteroatoms. The molecule has 0 amide bonds. The van der Waals surface area contributed by atoms with E-state index in [0.29, 0.717) is 6.04 Å². The predicted molar refractivity (Wildman–Crippen MR) is 72.0 cm³/mol. The van der Waals surface area contributed by atoms with Crippen LogP contribution in [0.25, 0.3) is 0 Å². The standard InChI is InChI=1S/C13H26N2.ClH/c1-11-5-2-3-6-12(11)9-15-8-4-7-13(14)10-15;/h11-13H,2-10,14H2,1H3;1H/t11?,12?,13-;/m1./s1. The molecule has 1 saturated heterocycles. The van der Waals surface area contributed by atoms with Crippen LogP contribution in [0, 0.1) is 11.8 Å². The maximum atomic E-state index is 6.02. The molecule has 0 spiro atoms. The van der Waals surface area contributed by atoms with Gasteiger partial charge in [0.25, 0.3) is 0 Å². The molecule has 2 rings (SSSR count). The van der Waals surface area contributed by atoms with Gasteiger partial charge in [-0.05, 0) is 37.6 Å². The maximum Gasteiger partial charge on any atom is 0.0168 e. The highest BCUT2D eigenvalue weighted by atomic mass is 35.5. The molecule has 3 atom stereocenters. The first kappa shape index (κ1) is 14.3. The summed E-state index contributed by atoms with van der Waals surface area (Å²) < 4.78 is 0. The summed E-state index contributed by atoms with van der Waals surface area (Å²) in [6.45, 7) is 6.18. The van der Waals surface area contributed by atoms with Gasteiger partial charge in [-0.25, -0.2) is 0 Å². The monoisotopic (exact) mass is 246 g/mol. The van der Waals surface area contributed by atoms with E-state index in [-0.39, 0.29) is 12.4 Å². The van der Waals surface area contributed by atoms with Crippen molar-refractivity contribution in [3.8, 4) is 0 Å². The van der Waals surface area contributed by atoms with Crippen molar-refractivity contribution in [2.45, 2.75) is 51.5 Å². The number of rotatable bonds is 2. The molecule has 1 heterocycles. The Morgan fingerprint density at radius 1 is 1.12 bits per heavy atom. The van der Waals surface area contributed by atoms with Gasteiger partial charge in [0.1, 0.15) is 0 Å². The van der Waals surface area contributed by atoms with Gasteiger partial charge in [0.15, 0.2) is 0 Å². The van der Waals surface area contributed by atoms with Crippen LogP contribution in [-0.4, -0.2) is 30.6 Å². The zero-order chi connectivity index (χ0) is 10.7. The van der Waals surface area contributed by atoms with Gasteiger partial charge in [-0.3, -0.25) is 0 Å². The van der Waals surface area contributed by atoms with Crippen LogP contribution in [0.5, 0.6) is 0 Å². The molecule has 96 valence electrons. The molecule has 2 aliphatic rings. The van der Waals surface area contributed by atoms with Crippen LogP contribution in [0.3, 0.4) is 0 Å². The van der Waals surface area contributed by atoms with Crippen molar-refractivity contribution in [2.24, 2.45) is 17.6 Å². The second-order valence-electron chi connectivity index (χ2n) is 5.68. The molecule has 0 aromatic carbocycles. The molecule has 0 bridgehead atoms. The van der Waals surface area contributed by atoms with E-state index in [2.05, 4.69) is 11.8 Å². The Kier molecular flexibility index (Phi) is 6.09. The van der Waals surface area contributed by atoms with E-state index < -0.39 is 0 Å². The molecule has 2 nitrogen and oxygen atoms in total. The Balaban J connectivity index is 0.00000128. The van der Waals surface area contributed by atoms with Crippen molar-refractivity contribution in [1.29, 1.82) is 0 Å². The fourth-order valence-corrected chi connectivity index (χ4v) is 3.25. The quantitative estimate of drug-likeness (QED) is 0.812. The highest BCUT2D eigenvalue weighted by Crippen LogP contribution is 2.30. The Hall–Kier alpha value is 0.210. The van der Waals surface area contributed by atoms with Crippen LogP contribution < -0.4 is 5.73 Å². The first-order valence-corrected chi connectivity index (χ1v) is 6.73. The highest BCUT2D eigenvalue weighted by molar-refractivity contribution is 5.85. The molecule has 0 aromatic heterocycles. The van der Waals surface area contributed by atoms with Crippen molar-refractivity contribution in [1.82, 2.24) is 4.90 Å². The third-order valence-corrected chi connectivity index (χ3v) is 4.32. The Labute approximate surface area is 106 Å². The second-order valence-corrected chi connectivity index (χ2v) is 5.68. The lowest BCUT2D eigenvalue weighted by Crippen LogP contribution is -2.45. The third kappa shape index (κ3) is 3.90. The van der Waals surface area contributed by atoms with Crippen molar-refractivity contribution in [2.75, 3.05) is 19.6 Å². The van der Waals surface area contributed by atoms with Crippen LogP contribution >= 0.6 is 12.4 Å². The fourth-order valence-electron chi connectivity index (χ4n) is 3.25. The van der Waals surface area contributed by atoms with Crippen LogP contribution in [0.15, 0.2) is 0 Å². The summed E-state index contributed by atoms with van der Waals surface area (Å²) in [5.74, 6) is 1.89. The number of likely N-dealkylation sites (tertiary alicyclic amines) is 1. The average molecular weight is 247 g/mol. The molecule has 1 saturated carbocycles. The van der Waals surface area contributed by atoms with E-state index in [1.54, 1.807) is 0 Å². The van der Waals surface area contributed by atoms with Crippen LogP contribution in [0.2, 0.25) is 0 Å². The SMILES string of the molecule is CC1CCCCC1CN1CCC[C@@H](N)C1.Cl. The van der Waals surface area contributed by atoms with Crippen molar-refractivity contribution < 1.29 is 0 Å². The smallest absolute Gasteiger partial charge is 0.0168 e. The predicted octanol–water partition coefficient (Wildman–Crippen LogP) is 2.66. The zero-order valence-corrected chi connectivity index (χ0v) is 11.3. The Morgan fingerprint density at radius 2 is 1.88 bits per heavy atom. The largest absolute Gasteiger partial charge is 0.327 e. The van der Waals surface area contributed by atoms with Crippen LogP contribution in [0.1, 0.15) is 45.4 Å². The molecule has 0 aromatic rings. The summed E-state index contributed by atoms with van der Waals surface area (Å²) in [7, 11) is 0. The van der Waals surface area contributed by atoms with Gasteiger partial charge >= 0.3 is 0 Å². The Morgan fingerprint density at radius 3 is 2.56 bits per heavy atom. The summed E-state index contributed by atoms with van der Waals surface area (Å²) in [5.41, 5.74) is 6.02. The molecule has 2 N–H and O–H groups in total. The third-order valence-electron chi connectivity index (χ3n) is 4.32. The van der Waals surface area contributed by atoms with Gasteiger partial charge in [-0.15, -0.1) is 12.4 Å². The number of nitrogens with two attached hydrogens (primary N) is 1. The zero-order valence-electron chi connectivity index (χ0n) is 10.5. The molecule has 0 radical (unpaired) electrons. The summed E-state index contributed by atoms with van der Waals surface area (Å²) in [6.07, 6.45) is 8.35. The lowest BCUT2D eigenvalue weighted by Gasteiger charge is -2.37. The minimum atomic E-state index is 0. The van der Waals surface area contributed by atoms with Crippen LogP contribution in [0.4, 0.5) is 0 Å². The minimum Gasteiger partial charge on any atom is -0.327 e. The van der Waals surface area contributed by atoms with Gasteiger partial charge in [0.2, 0.25) is 0 Å². The van der Waals surface area contributed by atoms with E-state index in [4.69, 9.17) is 5.73 Å². The van der Waals surface area contributed by atoms with Gasteiger partial charge in [0.05, 0.1) is 0 Å². The van der Waals surface area contributed by atoms with Gasteiger partial charge in [0, 0.05) is 19.1 Å². The average Bonchev–Trinajstić information content (AvgIpc) is 2.22. The van der Waals surface area contributed by atoms with Crippen LogP contribution in [-0.2, 0) is 0 Å². The van der Waals surface area contributed by atoms with E-state index >= 15 is 0 Å². The lowest BCUT2D eigenvalue weighted by molar-refractivity contribution is 0.133. The molecule has 16 heavy (non-hydrogen) atoms. The number of piperidine rings is 1. The normalized spacial score (nSPS) is 36.8. The van der Waals surface area contributed by atoms with Crippen molar-refractivity contribution in [3.05, 3.63) is 0 Å². The lowest BCUT2D eigenvalue weighted by atomic mass is 9.80. The first-order valence-electron chi connectivity index (χ1n) is 6.73. The summed E-state index contributed by atoms with van der Waals surface area (Å²) in [6, 6.07) is 0.442. The maximum absolute atomic E-state index is 6.02. The van der Waals surface area contributed by atoms with E-state index in [1.807, 2.05) is 0 Å². The van der Waals surface area contributed by atoms with Gasteiger partial charge < -0.3 is 10.6 Å². The van der Waals surface area contributed by atoms with Gasteiger partial charge in [-0.2, -0.15) is 0 Å². The van der Waals surface area contributed by atoms with E-state index in [9.17, 15) is 0 Å². The number of halogens is 1. The fraction of sp³-hybridized carbons (Fsp3) is 1.00. The van der Waals surface area contributed by atoms with Gasteiger partial charge in [-0.1, -0.05) is 26.2 Å². The molecule has 1 aliphatic carbocycles.